The molecule has 1 aliphatic carbocycles. The molecule has 21 heavy (non-hydrogen) atoms. The van der Waals surface area contributed by atoms with E-state index in [-0.39, 0.29) is 0 Å². The van der Waals surface area contributed by atoms with Gasteiger partial charge in [-0.3, -0.25) is 4.90 Å². The first-order chi connectivity index (χ1) is 10.4. The van der Waals surface area contributed by atoms with Crippen molar-refractivity contribution in [3.63, 3.8) is 0 Å². The highest BCUT2D eigenvalue weighted by Gasteiger charge is 2.26. The van der Waals surface area contributed by atoms with E-state index in [0.29, 0.717) is 6.04 Å². The maximum Gasteiger partial charge on any atom is 0.123 e. The van der Waals surface area contributed by atoms with E-state index in [1.54, 1.807) is 7.11 Å². The minimum atomic E-state index is 0.374. The maximum absolute atomic E-state index is 5.81. The van der Waals surface area contributed by atoms with E-state index < -0.39 is 0 Å². The molecule has 1 aromatic rings. The lowest BCUT2D eigenvalue weighted by molar-refractivity contribution is 0.0710. The second-order valence-electron chi connectivity index (χ2n) is 6.02. The van der Waals surface area contributed by atoms with Crippen LogP contribution in [0.5, 0.6) is 5.75 Å². The second kappa shape index (κ2) is 7.25. The van der Waals surface area contributed by atoms with Gasteiger partial charge in [0.2, 0.25) is 0 Å². The lowest BCUT2D eigenvalue weighted by Gasteiger charge is -2.37. The molecule has 2 aliphatic rings. The van der Waals surface area contributed by atoms with E-state index in [9.17, 15) is 0 Å². The summed E-state index contributed by atoms with van der Waals surface area (Å²) in [5.41, 5.74) is 1.27. The molecule has 1 unspecified atom stereocenters. The third kappa shape index (κ3) is 3.96. The Morgan fingerprint density at radius 1 is 1.29 bits per heavy atom. The van der Waals surface area contributed by atoms with Gasteiger partial charge in [-0.25, -0.2) is 0 Å². The van der Waals surface area contributed by atoms with Gasteiger partial charge in [0.05, 0.1) is 19.8 Å². The molecule has 1 atom stereocenters. The predicted molar refractivity (Wildman–Crippen MR) is 83.7 cm³/mol. The Morgan fingerprint density at radius 3 is 2.95 bits per heavy atom. The molecule has 3 rings (SSSR count). The van der Waals surface area contributed by atoms with Crippen molar-refractivity contribution >= 4 is 0 Å². The molecular weight excluding hydrogens is 264 g/mol. The second-order valence-corrected chi connectivity index (χ2v) is 6.02. The smallest absolute Gasteiger partial charge is 0.123 e. The van der Waals surface area contributed by atoms with Gasteiger partial charge in [0.1, 0.15) is 5.75 Å². The van der Waals surface area contributed by atoms with Crippen molar-refractivity contribution in [2.75, 3.05) is 46.5 Å². The summed E-state index contributed by atoms with van der Waals surface area (Å²) in [4.78, 5) is 2.52. The molecule has 1 N–H and O–H groups in total. The highest BCUT2D eigenvalue weighted by molar-refractivity contribution is 5.36. The predicted octanol–water partition coefficient (Wildman–Crippen LogP) is 2.07. The van der Waals surface area contributed by atoms with Crippen molar-refractivity contribution in [2.24, 2.45) is 5.92 Å². The van der Waals surface area contributed by atoms with Crippen molar-refractivity contribution in [3.05, 3.63) is 29.8 Å². The molecule has 0 bridgehead atoms. The number of piperazine rings is 1. The quantitative estimate of drug-likeness (QED) is 0.780. The zero-order chi connectivity index (χ0) is 14.5. The molecule has 2 fully saturated rings. The first kappa shape index (κ1) is 14.8. The first-order valence-corrected chi connectivity index (χ1v) is 8.04. The van der Waals surface area contributed by atoms with Crippen molar-refractivity contribution in [2.45, 2.75) is 18.9 Å². The minimum Gasteiger partial charge on any atom is -0.496 e. The molecule has 116 valence electrons. The Labute approximate surface area is 127 Å². The topological polar surface area (TPSA) is 33.7 Å². The molecule has 4 heteroatoms. The first-order valence-electron chi connectivity index (χ1n) is 8.04. The lowest BCUT2D eigenvalue weighted by atomic mass is 10.0. The van der Waals surface area contributed by atoms with Gasteiger partial charge in [-0.05, 0) is 24.8 Å². The standard InChI is InChI=1S/C17H26N2O2/c1-20-17-5-3-2-4-15(17)16-12-18-8-9-19(16)10-11-21-13-14-6-7-14/h2-5,14,16,18H,6-13H2,1H3. The van der Waals surface area contributed by atoms with E-state index in [1.165, 1.54) is 18.4 Å². The van der Waals surface area contributed by atoms with Crippen LogP contribution >= 0.6 is 0 Å². The van der Waals surface area contributed by atoms with E-state index >= 15 is 0 Å². The molecule has 0 radical (unpaired) electrons. The molecule has 0 aromatic heterocycles. The molecule has 1 aromatic carbocycles. The normalized spacial score (nSPS) is 23.2. The maximum atomic E-state index is 5.81. The van der Waals surface area contributed by atoms with Gasteiger partial charge in [-0.15, -0.1) is 0 Å². The Morgan fingerprint density at radius 2 is 2.14 bits per heavy atom. The molecule has 4 nitrogen and oxygen atoms in total. The van der Waals surface area contributed by atoms with Gasteiger partial charge in [-0.1, -0.05) is 18.2 Å². The zero-order valence-corrected chi connectivity index (χ0v) is 12.9. The van der Waals surface area contributed by atoms with Crippen LogP contribution in [-0.2, 0) is 4.74 Å². The van der Waals surface area contributed by atoms with Gasteiger partial charge in [0, 0.05) is 38.3 Å². The largest absolute Gasteiger partial charge is 0.496 e. The van der Waals surface area contributed by atoms with Crippen LogP contribution in [0.2, 0.25) is 0 Å². The van der Waals surface area contributed by atoms with Crippen LogP contribution in [0, 0.1) is 5.92 Å². The molecule has 1 heterocycles. The van der Waals surface area contributed by atoms with Gasteiger partial charge in [0.25, 0.3) is 0 Å². The summed E-state index contributed by atoms with van der Waals surface area (Å²) in [7, 11) is 1.75. The third-order valence-electron chi connectivity index (χ3n) is 4.43. The average Bonchev–Trinajstić information content (AvgIpc) is 3.36. The fourth-order valence-electron chi connectivity index (χ4n) is 2.98. The summed E-state index contributed by atoms with van der Waals surface area (Å²) in [5.74, 6) is 1.83. The molecule has 0 spiro atoms. The van der Waals surface area contributed by atoms with E-state index in [0.717, 1.165) is 51.1 Å². The Hall–Kier alpha value is -1.10. The number of ether oxygens (including phenoxy) is 2. The molecular formula is C17H26N2O2. The van der Waals surface area contributed by atoms with Crippen LogP contribution in [0.3, 0.4) is 0 Å². The summed E-state index contributed by atoms with van der Waals surface area (Å²) >= 11 is 0. The van der Waals surface area contributed by atoms with Crippen LogP contribution in [0.15, 0.2) is 24.3 Å². The molecule has 0 amide bonds. The Balaban J connectivity index is 1.59. The van der Waals surface area contributed by atoms with Crippen LogP contribution in [0.4, 0.5) is 0 Å². The van der Waals surface area contributed by atoms with Gasteiger partial charge in [-0.2, -0.15) is 0 Å². The molecule has 1 saturated carbocycles. The van der Waals surface area contributed by atoms with Crippen molar-refractivity contribution < 1.29 is 9.47 Å². The Bertz CT molecular complexity index is 448. The fourth-order valence-corrected chi connectivity index (χ4v) is 2.98. The van der Waals surface area contributed by atoms with Gasteiger partial charge in [0.15, 0.2) is 0 Å². The minimum absolute atomic E-state index is 0.374. The highest BCUT2D eigenvalue weighted by Crippen LogP contribution is 2.30. The van der Waals surface area contributed by atoms with Crippen LogP contribution in [0.25, 0.3) is 0 Å². The van der Waals surface area contributed by atoms with E-state index in [4.69, 9.17) is 9.47 Å². The zero-order valence-electron chi connectivity index (χ0n) is 12.9. The van der Waals surface area contributed by atoms with Crippen molar-refractivity contribution in [1.82, 2.24) is 10.2 Å². The summed E-state index contributed by atoms with van der Waals surface area (Å²) in [6, 6.07) is 8.72. The average molecular weight is 290 g/mol. The number of nitrogens with one attached hydrogen (secondary N) is 1. The van der Waals surface area contributed by atoms with Crippen LogP contribution < -0.4 is 10.1 Å². The van der Waals surface area contributed by atoms with Crippen molar-refractivity contribution in [3.8, 4) is 5.75 Å². The van der Waals surface area contributed by atoms with E-state index in [2.05, 4.69) is 22.3 Å². The van der Waals surface area contributed by atoms with Crippen LogP contribution in [-0.4, -0.2) is 51.4 Å². The number of para-hydroxylation sites is 1. The Kier molecular flexibility index (Phi) is 5.12. The summed E-state index contributed by atoms with van der Waals surface area (Å²) in [6.07, 6.45) is 2.72. The lowest BCUT2D eigenvalue weighted by Crippen LogP contribution is -2.47. The number of nitrogens with zero attached hydrogens (tertiary/aromatic N) is 1. The highest BCUT2D eigenvalue weighted by atomic mass is 16.5. The van der Waals surface area contributed by atoms with Gasteiger partial charge < -0.3 is 14.8 Å². The number of hydrogen-bond acceptors (Lipinski definition) is 4. The number of hydrogen-bond donors (Lipinski definition) is 1. The summed E-state index contributed by atoms with van der Waals surface area (Å²) in [6.45, 7) is 5.87. The monoisotopic (exact) mass is 290 g/mol. The SMILES string of the molecule is COc1ccccc1C1CNCCN1CCOCC1CC1. The summed E-state index contributed by atoms with van der Waals surface area (Å²) in [5, 5.41) is 3.50. The van der Waals surface area contributed by atoms with Crippen molar-refractivity contribution in [1.29, 1.82) is 0 Å². The number of benzene rings is 1. The van der Waals surface area contributed by atoms with Crippen LogP contribution in [0.1, 0.15) is 24.4 Å². The number of rotatable bonds is 7. The third-order valence-corrected chi connectivity index (χ3v) is 4.43. The molecule has 1 saturated heterocycles. The number of methoxy groups -OCH3 is 1. The van der Waals surface area contributed by atoms with Gasteiger partial charge >= 0.3 is 0 Å². The fraction of sp³-hybridized carbons (Fsp3) is 0.647. The molecule has 1 aliphatic heterocycles. The van der Waals surface area contributed by atoms with E-state index in [1.807, 2.05) is 12.1 Å². The summed E-state index contributed by atoms with van der Waals surface area (Å²) < 4.78 is 11.3.